The van der Waals surface area contributed by atoms with Crippen molar-refractivity contribution in [2.24, 2.45) is 5.92 Å². The number of ether oxygens (including phenoxy) is 3. The van der Waals surface area contributed by atoms with Crippen LogP contribution in [-0.2, 0) is 33.0 Å². The minimum absolute atomic E-state index is 0.0533. The Morgan fingerprint density at radius 3 is 2.25 bits per heavy atom. The number of piperidine rings is 1. The maximum atomic E-state index is 13.9. The largest absolute Gasteiger partial charge is 0.573 e. The lowest BCUT2D eigenvalue weighted by atomic mass is 9.86. The molecule has 15 nitrogen and oxygen atoms in total. The van der Waals surface area contributed by atoms with Crippen LogP contribution in [0.2, 0.25) is 0 Å². The van der Waals surface area contributed by atoms with E-state index in [1.165, 1.54) is 48.0 Å². The van der Waals surface area contributed by atoms with E-state index in [9.17, 15) is 47.7 Å². The molecule has 2 heterocycles. The van der Waals surface area contributed by atoms with Gasteiger partial charge >= 0.3 is 12.3 Å². The van der Waals surface area contributed by atoms with Gasteiger partial charge in [-0.1, -0.05) is 84.9 Å². The quantitative estimate of drug-likeness (QED) is 0.0459. The number of aromatic nitrogens is 1. The highest BCUT2D eigenvalue weighted by Gasteiger charge is 2.43. The number of hydrogen-bond acceptors (Lipinski definition) is 12. The number of phenolic OH excluding ortho intramolecular Hbond substituents is 1. The molecule has 2 atom stereocenters. The zero-order chi connectivity index (χ0) is 50.1. The average Bonchev–Trinajstić information content (AvgIpc) is 3.35. The van der Waals surface area contributed by atoms with Crippen LogP contribution in [0.4, 0.5) is 13.2 Å². The molecule has 0 bridgehead atoms. The number of phenols is 1. The predicted octanol–water partition coefficient (Wildman–Crippen LogP) is 6.10. The molecule has 2 amide bonds. The molecule has 7 N–H and O–H groups in total. The maximum Gasteiger partial charge on any atom is 0.573 e. The van der Waals surface area contributed by atoms with Crippen molar-refractivity contribution in [3.05, 3.63) is 171 Å². The number of benzene rings is 5. The van der Waals surface area contributed by atoms with Crippen molar-refractivity contribution in [3.63, 3.8) is 0 Å². The predicted molar refractivity (Wildman–Crippen MR) is 255 cm³/mol. The van der Waals surface area contributed by atoms with Crippen LogP contribution in [-0.4, -0.2) is 94.3 Å². The van der Waals surface area contributed by atoms with Crippen molar-refractivity contribution < 1.29 is 57.1 Å². The van der Waals surface area contributed by atoms with E-state index >= 15 is 0 Å². The number of nitrogens with one attached hydrogen (secondary N) is 4. The summed E-state index contributed by atoms with van der Waals surface area (Å²) in [5.74, 6) is -2.39. The van der Waals surface area contributed by atoms with Gasteiger partial charge in [0, 0.05) is 59.9 Å². The molecule has 1 aliphatic heterocycles. The molecular weight excluding hydrogens is 924 g/mol. The number of pyridine rings is 1. The van der Waals surface area contributed by atoms with E-state index in [2.05, 4.69) is 42.7 Å². The Labute approximate surface area is 406 Å². The van der Waals surface area contributed by atoms with Gasteiger partial charge in [0.25, 0.3) is 11.8 Å². The number of H-pyrrole nitrogens is 1. The fourth-order valence-electron chi connectivity index (χ4n) is 8.95. The van der Waals surface area contributed by atoms with Crippen LogP contribution < -0.4 is 31.0 Å². The van der Waals surface area contributed by atoms with Crippen molar-refractivity contribution in [1.82, 2.24) is 25.8 Å². The summed E-state index contributed by atoms with van der Waals surface area (Å²) >= 11 is 0. The van der Waals surface area contributed by atoms with Gasteiger partial charge in [-0.15, -0.1) is 13.2 Å². The van der Waals surface area contributed by atoms with Crippen LogP contribution in [0.15, 0.2) is 132 Å². The molecule has 2 aliphatic rings. The van der Waals surface area contributed by atoms with E-state index in [0.717, 1.165) is 38.5 Å². The number of amides is 2. The molecule has 71 heavy (non-hydrogen) atoms. The highest BCUT2D eigenvalue weighted by Crippen LogP contribution is 2.35. The van der Waals surface area contributed by atoms with Crippen LogP contribution in [0.5, 0.6) is 17.2 Å². The lowest BCUT2D eigenvalue weighted by Crippen LogP contribution is -2.54. The molecular formula is C53H54F3N5O10. The van der Waals surface area contributed by atoms with Crippen LogP contribution in [0.1, 0.15) is 70.0 Å². The zero-order valence-electron chi connectivity index (χ0n) is 38.5. The fraction of sp³-hybridized carbons (Fsp3) is 0.321. The van der Waals surface area contributed by atoms with Gasteiger partial charge in [-0.05, 0) is 97.8 Å². The first-order chi connectivity index (χ1) is 34.1. The number of nitrogens with zero attached hydrogens (tertiary/aromatic N) is 1. The van der Waals surface area contributed by atoms with Crippen molar-refractivity contribution in [2.45, 2.75) is 68.9 Å². The van der Waals surface area contributed by atoms with Crippen LogP contribution >= 0.6 is 0 Å². The number of carbonyl (C=O) groups is 3. The van der Waals surface area contributed by atoms with E-state index in [1.807, 2.05) is 18.2 Å². The second kappa shape index (κ2) is 22.2. The highest BCUT2D eigenvalue weighted by molar-refractivity contribution is 5.95. The van der Waals surface area contributed by atoms with Gasteiger partial charge in [0.1, 0.15) is 17.2 Å². The first-order valence-corrected chi connectivity index (χ1v) is 23.3. The molecule has 5 aromatic carbocycles. The molecule has 0 radical (unpaired) electrons. The Morgan fingerprint density at radius 2 is 1.52 bits per heavy atom. The summed E-state index contributed by atoms with van der Waals surface area (Å²) in [6.45, 7) is 2.03. The van der Waals surface area contributed by atoms with E-state index < -0.39 is 59.8 Å². The Bertz CT molecular complexity index is 2870. The summed E-state index contributed by atoms with van der Waals surface area (Å²) < 4.78 is 56.4. The summed E-state index contributed by atoms with van der Waals surface area (Å²) in [6.07, 6.45) is -3.88. The molecule has 8 rings (SSSR count). The normalized spacial score (nSPS) is 17.6. The maximum absolute atomic E-state index is 13.9. The zero-order valence-corrected chi connectivity index (χ0v) is 38.5. The van der Waals surface area contributed by atoms with Crippen molar-refractivity contribution in [3.8, 4) is 17.2 Å². The average molecular weight is 978 g/mol. The number of hydrogen-bond donors (Lipinski definition) is 7. The topological polar surface area (TPSA) is 212 Å². The smallest absolute Gasteiger partial charge is 0.506 e. The standard InChI is InChI=1S/C53H54F3N5O10/c54-53(55,56)71-46-24-35(14-15-36(46)28-57-29-45(63)42-16-18-44(62)49-43(42)17-19-47(64)60-49)50(66)59-40-26-39(27-40)58-48(65)32-69-41-13-7-12-38(25-41)52(68,37-10-5-2-6-11-37)51(67)70-31-34-20-22-61(23-21-34)30-33-8-3-1-4-9-33/h1-19,24-25,34,39-40,45,57,62-63,68H,20-23,26-32H2,(H,58,65)(H,59,66)(H,60,64)/t39?,40?,45-,52-/m0/s1. The minimum Gasteiger partial charge on any atom is -0.506 e. The molecule has 6 aromatic rings. The van der Waals surface area contributed by atoms with E-state index in [4.69, 9.17) is 9.47 Å². The first-order valence-electron chi connectivity index (χ1n) is 23.3. The molecule has 1 saturated carbocycles. The number of esters is 1. The SMILES string of the molecule is O=C(COc1cccc([C@](O)(C(=O)OCC2CCN(Cc3ccccc3)CC2)c2ccccc2)c1)NC1CC(NC(=O)c2ccc(CNC[C@H](O)c3ccc(O)c4[nH]c(=O)ccc34)c(OC(F)(F)F)c2)C1. The number of aliphatic hydroxyl groups excluding tert-OH is 1. The van der Waals surface area contributed by atoms with Gasteiger partial charge in [-0.3, -0.25) is 19.3 Å². The third-order valence-electron chi connectivity index (χ3n) is 12.8. The summed E-state index contributed by atoms with van der Waals surface area (Å²) in [6, 6.07) is 33.4. The Balaban J connectivity index is 0.804. The molecule has 1 aliphatic carbocycles. The number of fused-ring (bicyclic) bond motifs is 1. The molecule has 0 spiro atoms. The minimum atomic E-state index is -5.07. The van der Waals surface area contributed by atoms with Crippen molar-refractivity contribution in [1.29, 1.82) is 0 Å². The molecule has 2 fully saturated rings. The van der Waals surface area contributed by atoms with Gasteiger partial charge in [-0.25, -0.2) is 4.79 Å². The molecule has 0 unspecified atom stereocenters. The number of alkyl halides is 3. The van der Waals surface area contributed by atoms with Gasteiger partial charge < -0.3 is 50.5 Å². The monoisotopic (exact) mass is 977 g/mol. The van der Waals surface area contributed by atoms with E-state index in [1.54, 1.807) is 48.5 Å². The Morgan fingerprint density at radius 1 is 0.817 bits per heavy atom. The number of rotatable bonds is 19. The number of carbonyl (C=O) groups excluding carboxylic acids is 3. The molecule has 1 saturated heterocycles. The van der Waals surface area contributed by atoms with Gasteiger partial charge in [0.2, 0.25) is 11.2 Å². The first kappa shape index (κ1) is 50.1. The van der Waals surface area contributed by atoms with Crippen molar-refractivity contribution in [2.75, 3.05) is 32.8 Å². The van der Waals surface area contributed by atoms with Crippen LogP contribution in [0, 0.1) is 5.92 Å². The van der Waals surface area contributed by atoms with Gasteiger partial charge in [0.05, 0.1) is 18.2 Å². The summed E-state index contributed by atoms with van der Waals surface area (Å²) in [7, 11) is 0. The van der Waals surface area contributed by atoms with Crippen LogP contribution in [0.3, 0.4) is 0 Å². The van der Waals surface area contributed by atoms with Crippen LogP contribution in [0.25, 0.3) is 10.9 Å². The Kier molecular flexibility index (Phi) is 15.7. The molecule has 372 valence electrons. The number of aliphatic hydroxyl groups is 2. The van der Waals surface area contributed by atoms with E-state index in [-0.39, 0.29) is 65.4 Å². The van der Waals surface area contributed by atoms with Gasteiger partial charge in [0.15, 0.2) is 6.61 Å². The van der Waals surface area contributed by atoms with Crippen molar-refractivity contribution >= 4 is 28.7 Å². The number of aromatic hydroxyl groups is 1. The second-order valence-corrected chi connectivity index (χ2v) is 17.9. The third-order valence-corrected chi connectivity index (χ3v) is 12.8. The summed E-state index contributed by atoms with van der Waals surface area (Å²) in [4.78, 5) is 56.7. The summed E-state index contributed by atoms with van der Waals surface area (Å²) in [5.41, 5.74) is -0.428. The number of halogens is 3. The summed E-state index contributed by atoms with van der Waals surface area (Å²) in [5, 5.41) is 42.1. The second-order valence-electron chi connectivity index (χ2n) is 17.9. The highest BCUT2D eigenvalue weighted by atomic mass is 19.4. The fourth-order valence-corrected chi connectivity index (χ4v) is 8.95. The van der Waals surface area contributed by atoms with Gasteiger partial charge in [-0.2, -0.15) is 0 Å². The lowest BCUT2D eigenvalue weighted by Gasteiger charge is -2.36. The Hall–Kier alpha value is -7.25. The number of aromatic amines is 1. The molecule has 1 aromatic heterocycles. The third kappa shape index (κ3) is 12.8. The number of likely N-dealkylation sites (tertiary alicyclic amines) is 1. The van der Waals surface area contributed by atoms with E-state index in [0.29, 0.717) is 29.4 Å². The lowest BCUT2D eigenvalue weighted by molar-refractivity contribution is -0.275. The molecule has 18 heteroatoms.